The quantitative estimate of drug-likeness (QED) is 0.804. The summed E-state index contributed by atoms with van der Waals surface area (Å²) >= 11 is 0. The zero-order valence-electron chi connectivity index (χ0n) is 15.9. The second-order valence-electron chi connectivity index (χ2n) is 6.64. The molecule has 2 N–H and O–H groups in total. The van der Waals surface area contributed by atoms with Crippen LogP contribution in [0.15, 0.2) is 35.6 Å². The minimum absolute atomic E-state index is 0.0144. The van der Waals surface area contributed by atoms with Crippen LogP contribution in [0.1, 0.15) is 23.7 Å². The molecule has 11 heteroatoms. The van der Waals surface area contributed by atoms with Gasteiger partial charge >= 0.3 is 0 Å². The van der Waals surface area contributed by atoms with E-state index in [2.05, 4.69) is 15.0 Å². The van der Waals surface area contributed by atoms with Gasteiger partial charge in [0, 0.05) is 12.6 Å². The molecule has 2 heterocycles. The number of aliphatic imine (C=N–C) groups is 1. The summed E-state index contributed by atoms with van der Waals surface area (Å²) < 4.78 is 59.5. The van der Waals surface area contributed by atoms with Crippen molar-refractivity contribution in [2.75, 3.05) is 19.9 Å². The highest BCUT2D eigenvalue weighted by atomic mass is 32.2. The second kappa shape index (κ2) is 7.39. The lowest BCUT2D eigenvalue weighted by atomic mass is 9.92. The fourth-order valence-electron chi connectivity index (χ4n) is 2.90. The van der Waals surface area contributed by atoms with Crippen LogP contribution in [0.3, 0.4) is 0 Å². The van der Waals surface area contributed by atoms with Gasteiger partial charge in [-0.15, -0.1) is 0 Å². The van der Waals surface area contributed by atoms with Crippen LogP contribution in [-0.4, -0.2) is 48.6 Å². The van der Waals surface area contributed by atoms with Gasteiger partial charge in [0.2, 0.25) is 21.9 Å². The molecule has 1 aliphatic rings. The molecule has 2 aromatic rings. The Labute approximate surface area is 166 Å². The van der Waals surface area contributed by atoms with Crippen molar-refractivity contribution in [3.05, 3.63) is 53.2 Å². The number of hydrogen-bond acceptors (Lipinski definition) is 7. The van der Waals surface area contributed by atoms with Gasteiger partial charge in [0.25, 0.3) is 0 Å². The van der Waals surface area contributed by atoms with Crippen LogP contribution in [-0.2, 0) is 15.6 Å². The molecule has 0 aliphatic carbocycles. The normalized spacial score (nSPS) is 21.6. The highest BCUT2D eigenvalue weighted by Crippen LogP contribution is 2.34. The molecule has 0 spiro atoms. The highest BCUT2D eigenvalue weighted by Gasteiger charge is 2.41. The molecule has 154 valence electrons. The fraction of sp³-hybridized carbons (Fsp3) is 0.278. The van der Waals surface area contributed by atoms with Crippen LogP contribution >= 0.6 is 0 Å². The summed E-state index contributed by atoms with van der Waals surface area (Å²) in [5.74, 6) is -1.88. The number of aromatic nitrogens is 2. The second-order valence-corrected chi connectivity index (χ2v) is 8.64. The van der Waals surface area contributed by atoms with Crippen molar-refractivity contribution in [3.63, 3.8) is 0 Å². The minimum atomic E-state index is -3.78. The van der Waals surface area contributed by atoms with Gasteiger partial charge in [-0.05, 0) is 30.7 Å². The number of nitrogens with zero attached hydrogens (tertiary/aromatic N) is 4. The smallest absolute Gasteiger partial charge is 0.239 e. The molecular weight excluding hydrogens is 404 g/mol. The number of hydrogen-bond donors (Lipinski definition) is 1. The molecule has 1 aliphatic heterocycles. The van der Waals surface area contributed by atoms with E-state index in [1.807, 2.05) is 0 Å². The minimum Gasteiger partial charge on any atom is -0.480 e. The van der Waals surface area contributed by atoms with E-state index in [1.165, 1.54) is 45.6 Å². The van der Waals surface area contributed by atoms with Crippen LogP contribution < -0.4 is 10.5 Å². The number of ether oxygens (including phenoxy) is 1. The molecule has 3 rings (SSSR count). The molecule has 29 heavy (non-hydrogen) atoms. The van der Waals surface area contributed by atoms with Crippen LogP contribution in [0.2, 0.25) is 0 Å². The molecule has 1 atom stereocenters. The van der Waals surface area contributed by atoms with E-state index in [9.17, 15) is 17.2 Å². The van der Waals surface area contributed by atoms with E-state index in [-0.39, 0.29) is 23.1 Å². The Morgan fingerprint density at radius 2 is 2.07 bits per heavy atom. The van der Waals surface area contributed by atoms with Crippen LogP contribution in [0, 0.1) is 5.82 Å². The third kappa shape index (κ3) is 4.04. The molecule has 0 bridgehead atoms. The highest BCUT2D eigenvalue weighted by molar-refractivity contribution is 7.89. The van der Waals surface area contributed by atoms with Crippen LogP contribution in [0.4, 0.5) is 8.78 Å². The lowest BCUT2D eigenvalue weighted by molar-refractivity contribution is 0.395. The predicted molar refractivity (Wildman–Crippen MR) is 104 cm³/mol. The van der Waals surface area contributed by atoms with Gasteiger partial charge < -0.3 is 10.5 Å². The average Bonchev–Trinajstić information content (AvgIpc) is 2.67. The number of methoxy groups -OCH3 is 1. The first kappa shape index (κ1) is 20.6. The maximum absolute atomic E-state index is 14.6. The third-order valence-electron chi connectivity index (χ3n) is 4.51. The Morgan fingerprint density at radius 1 is 1.34 bits per heavy atom. The topological polar surface area (TPSA) is 111 Å². The van der Waals surface area contributed by atoms with Crippen molar-refractivity contribution >= 4 is 27.9 Å². The lowest BCUT2D eigenvalue weighted by Crippen LogP contribution is -2.50. The van der Waals surface area contributed by atoms with E-state index >= 15 is 0 Å². The number of benzene rings is 1. The van der Waals surface area contributed by atoms with E-state index in [4.69, 9.17) is 10.5 Å². The predicted octanol–water partition coefficient (Wildman–Crippen LogP) is 1.90. The van der Waals surface area contributed by atoms with Crippen molar-refractivity contribution in [2.45, 2.75) is 12.5 Å². The Balaban J connectivity index is 2.02. The Kier molecular flexibility index (Phi) is 5.26. The lowest BCUT2D eigenvalue weighted by Gasteiger charge is -2.34. The van der Waals surface area contributed by atoms with Crippen molar-refractivity contribution in [1.29, 1.82) is 0 Å². The van der Waals surface area contributed by atoms with Gasteiger partial charge in [0.15, 0.2) is 5.83 Å². The molecule has 0 radical (unpaired) electrons. The van der Waals surface area contributed by atoms with Gasteiger partial charge in [-0.2, -0.15) is 0 Å². The Bertz CT molecular complexity index is 1100. The molecule has 0 fully saturated rings. The average molecular weight is 423 g/mol. The maximum Gasteiger partial charge on any atom is 0.239 e. The summed E-state index contributed by atoms with van der Waals surface area (Å²) in [6, 6.07) is 3.81. The summed E-state index contributed by atoms with van der Waals surface area (Å²) in [5.41, 5.74) is 4.50. The molecule has 1 aromatic heterocycles. The number of guanidine groups is 1. The molecule has 1 aromatic carbocycles. The third-order valence-corrected chi connectivity index (χ3v) is 6.46. The van der Waals surface area contributed by atoms with Crippen molar-refractivity contribution in [3.8, 4) is 5.88 Å². The number of nitrogens with two attached hydrogens (primary N) is 1. The largest absolute Gasteiger partial charge is 0.480 e. The van der Waals surface area contributed by atoms with E-state index in [0.717, 1.165) is 16.4 Å². The van der Waals surface area contributed by atoms with E-state index in [0.29, 0.717) is 5.56 Å². The Hall–Kier alpha value is -3.08. The van der Waals surface area contributed by atoms with Gasteiger partial charge in [-0.1, -0.05) is 6.07 Å². The standard InChI is InChI=1S/C18H19F2N5O3S/c1-18(10-29(26,27)25(2)17(21)24-18)12-6-11(4-5-13(12)19)7-14(20)15-8-23-16(28-3)9-22-15/h4-9H,10H2,1-3H3,(H2,21,24)/b14-7-/t18-/m0/s1. The number of halogens is 2. The summed E-state index contributed by atoms with van der Waals surface area (Å²) in [6.07, 6.45) is 3.60. The summed E-state index contributed by atoms with van der Waals surface area (Å²) in [6.45, 7) is 1.46. The zero-order chi connectivity index (χ0) is 21.4. The van der Waals surface area contributed by atoms with Crippen LogP contribution in [0.25, 0.3) is 11.9 Å². The summed E-state index contributed by atoms with van der Waals surface area (Å²) in [5, 5.41) is 0. The van der Waals surface area contributed by atoms with E-state index < -0.39 is 33.0 Å². The first-order chi connectivity index (χ1) is 13.6. The van der Waals surface area contributed by atoms with Gasteiger partial charge in [-0.25, -0.2) is 36.5 Å². The number of rotatable bonds is 4. The fourth-order valence-corrected chi connectivity index (χ4v) is 4.35. The molecule has 0 saturated heterocycles. The number of sulfonamides is 1. The Morgan fingerprint density at radius 3 is 2.66 bits per heavy atom. The molecule has 0 saturated carbocycles. The molecule has 0 amide bonds. The molecule has 8 nitrogen and oxygen atoms in total. The molecule has 0 unspecified atom stereocenters. The monoisotopic (exact) mass is 423 g/mol. The molecular formula is C18H19F2N5O3S. The van der Waals surface area contributed by atoms with Gasteiger partial charge in [0.1, 0.15) is 17.1 Å². The van der Waals surface area contributed by atoms with Gasteiger partial charge in [0.05, 0.1) is 25.3 Å². The van der Waals surface area contributed by atoms with Crippen LogP contribution in [0.5, 0.6) is 5.88 Å². The summed E-state index contributed by atoms with van der Waals surface area (Å²) in [4.78, 5) is 11.9. The maximum atomic E-state index is 14.6. The van der Waals surface area contributed by atoms with Crippen molar-refractivity contribution < 1.29 is 21.9 Å². The van der Waals surface area contributed by atoms with Gasteiger partial charge in [-0.3, -0.25) is 0 Å². The van der Waals surface area contributed by atoms with Crippen molar-refractivity contribution in [2.24, 2.45) is 10.7 Å². The zero-order valence-corrected chi connectivity index (χ0v) is 16.7. The van der Waals surface area contributed by atoms with Crippen molar-refractivity contribution in [1.82, 2.24) is 14.3 Å². The first-order valence-corrected chi connectivity index (χ1v) is 10.0. The summed E-state index contributed by atoms with van der Waals surface area (Å²) in [7, 11) is -1.09. The SMILES string of the molecule is COc1cnc(/C(F)=C/c2ccc(F)c([C@]3(C)CS(=O)(=O)N(C)C(N)=N3)c2)cn1. The first-order valence-electron chi connectivity index (χ1n) is 8.41. The van der Waals surface area contributed by atoms with E-state index in [1.54, 1.807) is 0 Å².